The molecule has 0 aromatic rings. The second-order valence-electron chi connectivity index (χ2n) is 1.73. The Morgan fingerprint density at radius 1 is 1.71 bits per heavy atom. The van der Waals surface area contributed by atoms with Crippen LogP contribution in [0.5, 0.6) is 0 Å². The molecule has 0 heterocycles. The molecule has 44 valence electrons. The van der Waals surface area contributed by atoms with Gasteiger partial charge in [-0.1, -0.05) is 13.3 Å². The Morgan fingerprint density at radius 2 is 2.29 bits per heavy atom. The van der Waals surface area contributed by atoms with E-state index in [-0.39, 0.29) is 0 Å². The minimum atomic E-state index is 0.313. The molecule has 0 saturated carbocycles. The van der Waals surface area contributed by atoms with Crippen LogP contribution in [0.3, 0.4) is 0 Å². The lowest BCUT2D eigenvalue weighted by Crippen LogP contribution is -2.20. The van der Waals surface area contributed by atoms with E-state index < -0.39 is 0 Å². The van der Waals surface area contributed by atoms with Crippen molar-refractivity contribution in [1.29, 1.82) is 0 Å². The van der Waals surface area contributed by atoms with Gasteiger partial charge in [-0.05, 0) is 6.42 Å². The third-order valence-corrected chi connectivity index (χ3v) is 1.36. The summed E-state index contributed by atoms with van der Waals surface area (Å²) in [6.45, 7) is 2.13. The minimum absolute atomic E-state index is 0.313. The van der Waals surface area contributed by atoms with Crippen molar-refractivity contribution in [2.45, 2.75) is 25.8 Å². The van der Waals surface area contributed by atoms with Crippen molar-refractivity contribution in [1.82, 2.24) is 0 Å². The molecule has 7 heavy (non-hydrogen) atoms. The number of nitrogens with two attached hydrogens (primary N) is 1. The summed E-state index contributed by atoms with van der Waals surface area (Å²) < 4.78 is 0. The molecule has 0 aliphatic rings. The molecule has 0 aromatic carbocycles. The molecule has 0 aliphatic heterocycles. The molecule has 0 radical (unpaired) electrons. The van der Waals surface area contributed by atoms with Crippen LogP contribution in [-0.2, 0) is 0 Å². The van der Waals surface area contributed by atoms with Crippen LogP contribution in [0, 0.1) is 0 Å². The molecular formula is C5H13NS. The fourth-order valence-electron chi connectivity index (χ4n) is 0.462. The highest BCUT2D eigenvalue weighted by Gasteiger charge is 1.93. The Balaban J connectivity index is 2.83. The van der Waals surface area contributed by atoms with E-state index in [4.69, 9.17) is 5.73 Å². The largest absolute Gasteiger partial charge is 0.327 e. The van der Waals surface area contributed by atoms with Gasteiger partial charge in [0, 0.05) is 11.8 Å². The quantitative estimate of drug-likeness (QED) is 0.533. The molecule has 2 heteroatoms. The van der Waals surface area contributed by atoms with Gasteiger partial charge in [-0.15, -0.1) is 0 Å². The van der Waals surface area contributed by atoms with Gasteiger partial charge < -0.3 is 5.73 Å². The van der Waals surface area contributed by atoms with E-state index in [2.05, 4.69) is 19.6 Å². The molecule has 0 aliphatic carbocycles. The predicted molar refractivity (Wildman–Crippen MR) is 36.7 cm³/mol. The second-order valence-corrected chi connectivity index (χ2v) is 2.10. The van der Waals surface area contributed by atoms with E-state index in [1.54, 1.807) is 0 Å². The summed E-state index contributed by atoms with van der Waals surface area (Å²) in [5.41, 5.74) is 5.51. The third-order valence-electron chi connectivity index (χ3n) is 0.894. The zero-order chi connectivity index (χ0) is 5.70. The summed E-state index contributed by atoms with van der Waals surface area (Å²) in [7, 11) is 0. The maximum atomic E-state index is 5.51. The molecule has 0 saturated heterocycles. The maximum absolute atomic E-state index is 5.51. The monoisotopic (exact) mass is 119 g/mol. The summed E-state index contributed by atoms with van der Waals surface area (Å²) in [4.78, 5) is 0. The number of thiol groups is 1. The van der Waals surface area contributed by atoms with Gasteiger partial charge in [0.2, 0.25) is 0 Å². The zero-order valence-corrected chi connectivity index (χ0v) is 5.62. The van der Waals surface area contributed by atoms with E-state index in [1.165, 1.54) is 6.42 Å². The van der Waals surface area contributed by atoms with Gasteiger partial charge in [-0.25, -0.2) is 0 Å². The zero-order valence-electron chi connectivity index (χ0n) is 4.72. The first kappa shape index (κ1) is 7.31. The Kier molecular flexibility index (Phi) is 4.67. The lowest BCUT2D eigenvalue weighted by Gasteiger charge is -2.02. The van der Waals surface area contributed by atoms with Gasteiger partial charge in [0.15, 0.2) is 0 Å². The van der Waals surface area contributed by atoms with Crippen LogP contribution in [0.25, 0.3) is 0 Å². The molecule has 2 N–H and O–H groups in total. The van der Waals surface area contributed by atoms with Crippen molar-refractivity contribution >= 4 is 12.6 Å². The number of hydrogen-bond acceptors (Lipinski definition) is 2. The van der Waals surface area contributed by atoms with Crippen LogP contribution in [0.2, 0.25) is 0 Å². The molecule has 1 nitrogen and oxygen atoms in total. The summed E-state index contributed by atoms with van der Waals surface area (Å²) in [6.07, 6.45) is 2.27. The lowest BCUT2D eigenvalue weighted by molar-refractivity contribution is 0.662. The topological polar surface area (TPSA) is 26.0 Å². The fraction of sp³-hybridized carbons (Fsp3) is 1.00. The Hall–Kier alpha value is 0.310. The molecule has 0 fully saturated rings. The van der Waals surface area contributed by atoms with Crippen molar-refractivity contribution in [3.63, 3.8) is 0 Å². The molecule has 0 unspecified atom stereocenters. The van der Waals surface area contributed by atoms with Crippen molar-refractivity contribution in [2.75, 3.05) is 5.75 Å². The molecule has 0 spiro atoms. The van der Waals surface area contributed by atoms with Crippen molar-refractivity contribution < 1.29 is 0 Å². The first-order valence-corrected chi connectivity index (χ1v) is 3.31. The Labute approximate surface area is 50.7 Å². The van der Waals surface area contributed by atoms with Gasteiger partial charge >= 0.3 is 0 Å². The van der Waals surface area contributed by atoms with Crippen molar-refractivity contribution in [3.05, 3.63) is 0 Å². The minimum Gasteiger partial charge on any atom is -0.327 e. The smallest absolute Gasteiger partial charge is 0.0127 e. The molecule has 0 aromatic heterocycles. The first-order valence-electron chi connectivity index (χ1n) is 2.67. The summed E-state index contributed by atoms with van der Waals surface area (Å²) >= 11 is 4.02. The van der Waals surface area contributed by atoms with Crippen LogP contribution in [0.4, 0.5) is 0 Å². The number of hydrogen-bond donors (Lipinski definition) is 2. The van der Waals surface area contributed by atoms with E-state index in [0.29, 0.717) is 6.04 Å². The summed E-state index contributed by atoms with van der Waals surface area (Å²) in [5.74, 6) is 0.813. The van der Waals surface area contributed by atoms with Crippen LogP contribution < -0.4 is 5.73 Å². The highest BCUT2D eigenvalue weighted by atomic mass is 32.1. The summed E-state index contributed by atoms with van der Waals surface area (Å²) in [6, 6.07) is 0.313. The van der Waals surface area contributed by atoms with Crippen LogP contribution >= 0.6 is 12.6 Å². The third kappa shape index (κ3) is 4.16. The van der Waals surface area contributed by atoms with E-state index in [9.17, 15) is 0 Å². The molecular weight excluding hydrogens is 106 g/mol. The second kappa shape index (κ2) is 4.47. The Bertz CT molecular complexity index is 39.1. The normalized spacial score (nSPS) is 14.1. The van der Waals surface area contributed by atoms with Crippen LogP contribution in [-0.4, -0.2) is 11.8 Å². The summed E-state index contributed by atoms with van der Waals surface area (Å²) in [5, 5.41) is 0. The van der Waals surface area contributed by atoms with Crippen LogP contribution in [0.1, 0.15) is 19.8 Å². The van der Waals surface area contributed by atoms with Crippen LogP contribution in [0.15, 0.2) is 0 Å². The standard InChI is InChI=1S/C5H13NS/c1-2-3-5(6)4-7/h5,7H,2-4,6H2,1H3/t5-/m0/s1. The highest BCUT2D eigenvalue weighted by Crippen LogP contribution is 1.93. The van der Waals surface area contributed by atoms with Gasteiger partial charge in [-0.3, -0.25) is 0 Å². The number of rotatable bonds is 3. The van der Waals surface area contributed by atoms with Gasteiger partial charge in [0.05, 0.1) is 0 Å². The fourth-order valence-corrected chi connectivity index (χ4v) is 0.645. The Morgan fingerprint density at radius 3 is 2.43 bits per heavy atom. The highest BCUT2D eigenvalue weighted by molar-refractivity contribution is 7.80. The average Bonchev–Trinajstić information content (AvgIpc) is 1.68. The molecule has 0 rings (SSSR count). The van der Waals surface area contributed by atoms with E-state index >= 15 is 0 Å². The predicted octanol–water partition coefficient (Wildman–Crippen LogP) is 1.04. The molecule has 0 bridgehead atoms. The van der Waals surface area contributed by atoms with Gasteiger partial charge in [0.1, 0.15) is 0 Å². The average molecular weight is 119 g/mol. The van der Waals surface area contributed by atoms with E-state index in [1.807, 2.05) is 0 Å². The van der Waals surface area contributed by atoms with E-state index in [0.717, 1.165) is 12.2 Å². The maximum Gasteiger partial charge on any atom is 0.0127 e. The molecule has 0 amide bonds. The first-order chi connectivity index (χ1) is 3.31. The van der Waals surface area contributed by atoms with Crippen molar-refractivity contribution in [2.24, 2.45) is 5.73 Å². The van der Waals surface area contributed by atoms with Gasteiger partial charge in [-0.2, -0.15) is 12.6 Å². The lowest BCUT2D eigenvalue weighted by atomic mass is 10.2. The van der Waals surface area contributed by atoms with Crippen molar-refractivity contribution in [3.8, 4) is 0 Å². The molecule has 1 atom stereocenters. The van der Waals surface area contributed by atoms with Gasteiger partial charge in [0.25, 0.3) is 0 Å². The SMILES string of the molecule is CCC[C@H](N)CS.